The first-order chi connectivity index (χ1) is 7.67. The van der Waals surface area contributed by atoms with E-state index in [2.05, 4.69) is 4.18 Å². The predicted molar refractivity (Wildman–Crippen MR) is 64.3 cm³/mol. The summed E-state index contributed by atoms with van der Waals surface area (Å²) in [6.07, 6.45) is 0. The number of hydrogen-bond acceptors (Lipinski definition) is 3. The van der Waals surface area contributed by atoms with Crippen molar-refractivity contribution in [2.75, 3.05) is 0 Å². The summed E-state index contributed by atoms with van der Waals surface area (Å²) in [5.74, 6) is -0.572. The number of hydrogen-bond donors (Lipinski definition) is 0. The molecule has 0 radical (unpaired) electrons. The second-order valence-electron chi connectivity index (χ2n) is 2.87. The Morgan fingerprint density at radius 1 is 1.35 bits per heavy atom. The van der Waals surface area contributed by atoms with Gasteiger partial charge in [-0.2, -0.15) is 21.6 Å². The van der Waals surface area contributed by atoms with Gasteiger partial charge in [-0.05, 0) is 40.8 Å². The Kier molecular flexibility index (Phi) is 4.53. The summed E-state index contributed by atoms with van der Waals surface area (Å²) in [5, 5.41) is 0. The highest BCUT2D eigenvalue weighted by Gasteiger charge is 2.48. The fraction of sp³-hybridized carbons (Fsp3) is 0.250. The molecule has 0 saturated carbocycles. The molecule has 0 bridgehead atoms. The largest absolute Gasteiger partial charge is 0.534 e. The molecule has 0 spiro atoms. The van der Waals surface area contributed by atoms with Crippen LogP contribution in [-0.4, -0.2) is 13.9 Å². The quantitative estimate of drug-likeness (QED) is 0.339. The van der Waals surface area contributed by atoms with Crippen LogP contribution in [0.25, 0.3) is 0 Å². The molecular formula is C8H5ClF3IO3S. The molecule has 0 atom stereocenters. The minimum atomic E-state index is -5.66. The van der Waals surface area contributed by atoms with Crippen molar-refractivity contribution in [3.63, 3.8) is 0 Å². The van der Waals surface area contributed by atoms with Gasteiger partial charge in [-0.15, -0.1) is 11.6 Å². The molecule has 17 heavy (non-hydrogen) atoms. The molecule has 3 nitrogen and oxygen atoms in total. The van der Waals surface area contributed by atoms with Gasteiger partial charge < -0.3 is 4.18 Å². The van der Waals surface area contributed by atoms with Crippen molar-refractivity contribution in [1.29, 1.82) is 0 Å². The third-order valence-electron chi connectivity index (χ3n) is 1.65. The Balaban J connectivity index is 3.13. The van der Waals surface area contributed by atoms with Gasteiger partial charge >= 0.3 is 15.6 Å². The van der Waals surface area contributed by atoms with E-state index in [1.807, 2.05) is 22.6 Å². The first-order valence-electron chi connectivity index (χ1n) is 4.02. The normalized spacial score (nSPS) is 12.5. The molecule has 0 aliphatic heterocycles. The van der Waals surface area contributed by atoms with Crippen LogP contribution < -0.4 is 4.18 Å². The van der Waals surface area contributed by atoms with E-state index < -0.39 is 21.4 Å². The van der Waals surface area contributed by atoms with Crippen molar-refractivity contribution in [3.8, 4) is 5.75 Å². The van der Waals surface area contributed by atoms with Crippen LogP contribution in [0.15, 0.2) is 18.2 Å². The molecule has 0 N–H and O–H groups in total. The van der Waals surface area contributed by atoms with Crippen molar-refractivity contribution < 1.29 is 25.8 Å². The minimum Gasteiger partial charge on any atom is -0.376 e. The lowest BCUT2D eigenvalue weighted by molar-refractivity contribution is -0.0500. The van der Waals surface area contributed by atoms with Crippen molar-refractivity contribution in [2.45, 2.75) is 11.4 Å². The van der Waals surface area contributed by atoms with E-state index in [9.17, 15) is 21.6 Å². The third kappa shape index (κ3) is 3.62. The molecule has 1 rings (SSSR count). The summed E-state index contributed by atoms with van der Waals surface area (Å²) in [5.41, 5.74) is -5.29. The van der Waals surface area contributed by atoms with Crippen molar-refractivity contribution >= 4 is 44.3 Å². The summed E-state index contributed by atoms with van der Waals surface area (Å²) in [6.45, 7) is 0. The first kappa shape index (κ1) is 14.8. The van der Waals surface area contributed by atoms with Gasteiger partial charge in [0.15, 0.2) is 0 Å². The van der Waals surface area contributed by atoms with E-state index in [-0.39, 0.29) is 11.4 Å². The zero-order chi connectivity index (χ0) is 13.3. The highest BCUT2D eigenvalue weighted by molar-refractivity contribution is 14.1. The second kappa shape index (κ2) is 5.19. The van der Waals surface area contributed by atoms with E-state index in [1.165, 1.54) is 12.1 Å². The molecule has 0 aromatic heterocycles. The van der Waals surface area contributed by atoms with Gasteiger partial charge in [0.2, 0.25) is 0 Å². The molecule has 9 heteroatoms. The summed E-state index contributed by atoms with van der Waals surface area (Å²) in [4.78, 5) is 0. The fourth-order valence-corrected chi connectivity index (χ4v) is 2.16. The molecule has 0 aliphatic rings. The SMILES string of the molecule is O=S(=O)(Oc1ccc(I)cc1CCl)C(F)(F)F. The Morgan fingerprint density at radius 2 is 1.94 bits per heavy atom. The van der Waals surface area contributed by atoms with Crippen LogP contribution in [0.3, 0.4) is 0 Å². The number of halogens is 5. The molecule has 1 aromatic carbocycles. The number of benzene rings is 1. The number of alkyl halides is 4. The van der Waals surface area contributed by atoms with Gasteiger partial charge in [-0.3, -0.25) is 0 Å². The Labute approximate surface area is 114 Å². The van der Waals surface area contributed by atoms with Gasteiger partial charge in [0, 0.05) is 9.13 Å². The molecule has 0 amide bonds. The second-order valence-corrected chi connectivity index (χ2v) is 5.92. The minimum absolute atomic E-state index is 0.153. The molecule has 0 saturated heterocycles. The molecule has 1 aromatic rings. The zero-order valence-corrected chi connectivity index (χ0v) is 11.7. The fourth-order valence-electron chi connectivity index (χ4n) is 0.899. The Morgan fingerprint density at radius 3 is 2.41 bits per heavy atom. The van der Waals surface area contributed by atoms with Gasteiger partial charge in [-0.1, -0.05) is 0 Å². The molecule has 96 valence electrons. The third-order valence-corrected chi connectivity index (χ3v) is 3.57. The van der Waals surface area contributed by atoms with Crippen LogP contribution in [0.5, 0.6) is 5.75 Å². The molecule has 0 unspecified atom stereocenters. The van der Waals surface area contributed by atoms with E-state index in [4.69, 9.17) is 11.6 Å². The van der Waals surface area contributed by atoms with Gasteiger partial charge in [0.25, 0.3) is 0 Å². The van der Waals surface area contributed by atoms with Gasteiger partial charge in [-0.25, -0.2) is 0 Å². The van der Waals surface area contributed by atoms with Crippen LogP contribution in [0.1, 0.15) is 5.56 Å². The van der Waals surface area contributed by atoms with Crippen LogP contribution in [0.4, 0.5) is 13.2 Å². The number of rotatable bonds is 3. The molecule has 0 heterocycles. The van der Waals surface area contributed by atoms with E-state index in [0.29, 0.717) is 3.57 Å². The summed E-state index contributed by atoms with van der Waals surface area (Å²) >= 11 is 7.40. The van der Waals surface area contributed by atoms with E-state index >= 15 is 0 Å². The maximum Gasteiger partial charge on any atom is 0.534 e. The smallest absolute Gasteiger partial charge is 0.376 e. The lowest BCUT2D eigenvalue weighted by Crippen LogP contribution is -2.28. The maximum atomic E-state index is 12.1. The van der Waals surface area contributed by atoms with Crippen molar-refractivity contribution in [2.24, 2.45) is 0 Å². The lowest BCUT2D eigenvalue weighted by Gasteiger charge is -2.11. The monoisotopic (exact) mass is 400 g/mol. The predicted octanol–water partition coefficient (Wildman–Crippen LogP) is 3.26. The molecule has 0 aliphatic carbocycles. The zero-order valence-electron chi connectivity index (χ0n) is 7.96. The van der Waals surface area contributed by atoms with Crippen LogP contribution >= 0.6 is 34.2 Å². The van der Waals surface area contributed by atoms with Gasteiger partial charge in [0.1, 0.15) is 5.75 Å². The van der Waals surface area contributed by atoms with Crippen molar-refractivity contribution in [3.05, 3.63) is 27.3 Å². The summed E-state index contributed by atoms with van der Waals surface area (Å²) in [7, 11) is -5.66. The van der Waals surface area contributed by atoms with Crippen LogP contribution in [0.2, 0.25) is 0 Å². The standard InChI is InChI=1S/C8H5ClF3IO3S/c9-4-5-3-6(13)1-2-7(5)16-17(14,15)8(10,11)12/h1-3H,4H2. The van der Waals surface area contributed by atoms with Crippen LogP contribution in [0, 0.1) is 3.57 Å². The highest BCUT2D eigenvalue weighted by Crippen LogP contribution is 2.30. The van der Waals surface area contributed by atoms with Crippen LogP contribution in [-0.2, 0) is 16.0 Å². The molecule has 0 fully saturated rings. The average molecular weight is 401 g/mol. The average Bonchev–Trinajstić information content (AvgIpc) is 2.18. The first-order valence-corrected chi connectivity index (χ1v) is 7.04. The Bertz CT molecular complexity index is 515. The van der Waals surface area contributed by atoms with E-state index in [0.717, 1.165) is 6.07 Å². The molecular weight excluding hydrogens is 396 g/mol. The summed E-state index contributed by atoms with van der Waals surface area (Å²) < 4.78 is 62.5. The summed E-state index contributed by atoms with van der Waals surface area (Å²) in [6, 6.07) is 3.98. The maximum absolute atomic E-state index is 12.1. The van der Waals surface area contributed by atoms with Crippen molar-refractivity contribution in [1.82, 2.24) is 0 Å². The highest BCUT2D eigenvalue weighted by atomic mass is 127. The van der Waals surface area contributed by atoms with E-state index in [1.54, 1.807) is 0 Å². The topological polar surface area (TPSA) is 43.4 Å². The lowest BCUT2D eigenvalue weighted by atomic mass is 10.2. The Hall–Kier alpha value is -0.220. The van der Waals surface area contributed by atoms with Gasteiger partial charge in [0.05, 0.1) is 5.88 Å².